The summed E-state index contributed by atoms with van der Waals surface area (Å²) in [5, 5.41) is 9.87. The molecule has 226 valence electrons. The molecule has 1 amide bonds. The van der Waals surface area contributed by atoms with Crippen LogP contribution in [0.1, 0.15) is 21.5 Å². The van der Waals surface area contributed by atoms with E-state index in [1.54, 1.807) is 41.4 Å². The van der Waals surface area contributed by atoms with Crippen molar-refractivity contribution in [1.29, 1.82) is 0 Å². The molecule has 6 rings (SSSR count). The molecule has 0 unspecified atom stereocenters. The van der Waals surface area contributed by atoms with E-state index >= 15 is 4.39 Å². The van der Waals surface area contributed by atoms with Gasteiger partial charge < -0.3 is 19.6 Å². The number of aromatic carboxylic acids is 1. The van der Waals surface area contributed by atoms with Crippen LogP contribution in [0.3, 0.4) is 0 Å². The summed E-state index contributed by atoms with van der Waals surface area (Å²) in [7, 11) is 0. The minimum Gasteiger partial charge on any atom is -0.492 e. The number of ether oxygens (including phenoxy) is 2. The molecule has 3 aromatic carbocycles. The number of hydrogen-bond donors (Lipinski definition) is 2. The summed E-state index contributed by atoms with van der Waals surface area (Å²) < 4.78 is 27.1. The molecule has 0 radical (unpaired) electrons. The average Bonchev–Trinajstić information content (AvgIpc) is 3.61. The molecule has 4 aromatic rings. The largest absolute Gasteiger partial charge is 0.492 e. The highest BCUT2D eigenvalue weighted by Crippen LogP contribution is 2.37. The summed E-state index contributed by atoms with van der Waals surface area (Å²) in [6.07, 6.45) is 4.04. The molecule has 8 nitrogen and oxygen atoms in total. The van der Waals surface area contributed by atoms with E-state index in [9.17, 15) is 9.59 Å². The molecule has 0 spiro atoms. The third-order valence-corrected chi connectivity index (χ3v) is 9.07. The van der Waals surface area contributed by atoms with Gasteiger partial charge in [0.15, 0.2) is 0 Å². The standard InChI is InChI=1S/C33H30FN3O5S2/c34-27-20-25(19-24-7-9-35-30(24)27)26-17-22(3-6-28(26)42-16-13-36-11-14-41-15-12-36)18-29-31(38)37(33(43)44-29)10-8-21-1-4-23(5-2-21)32(39)40/h1-7,9,17-20,35H,8,10-16H2,(H,39,40). The van der Waals surface area contributed by atoms with E-state index in [2.05, 4.69) is 9.88 Å². The molecular formula is C33H30FN3O5S2. The molecular weight excluding hydrogens is 602 g/mol. The molecule has 0 bridgehead atoms. The Morgan fingerprint density at radius 2 is 1.89 bits per heavy atom. The van der Waals surface area contributed by atoms with Gasteiger partial charge in [-0.15, -0.1) is 0 Å². The number of nitrogens with zero attached hydrogens (tertiary/aromatic N) is 2. The summed E-state index contributed by atoms with van der Waals surface area (Å²) in [4.78, 5) is 31.8. The lowest BCUT2D eigenvalue weighted by Gasteiger charge is -2.26. The van der Waals surface area contributed by atoms with Gasteiger partial charge in [0.25, 0.3) is 5.91 Å². The molecule has 2 aliphatic rings. The maximum atomic E-state index is 15.0. The van der Waals surface area contributed by atoms with Gasteiger partial charge >= 0.3 is 5.97 Å². The number of carbonyl (C=O) groups excluding carboxylic acids is 1. The smallest absolute Gasteiger partial charge is 0.335 e. The third-order valence-electron chi connectivity index (χ3n) is 7.69. The third kappa shape index (κ3) is 6.71. The number of carbonyl (C=O) groups is 2. The maximum absolute atomic E-state index is 15.0. The van der Waals surface area contributed by atoms with Crippen LogP contribution in [0.2, 0.25) is 0 Å². The zero-order chi connectivity index (χ0) is 30.6. The zero-order valence-corrected chi connectivity index (χ0v) is 25.4. The van der Waals surface area contributed by atoms with Gasteiger partial charge in [0.05, 0.1) is 29.2 Å². The molecule has 0 saturated carbocycles. The fraction of sp³-hybridized carbons (Fsp3) is 0.242. The van der Waals surface area contributed by atoms with Crippen molar-refractivity contribution in [1.82, 2.24) is 14.8 Å². The number of carboxylic acids is 1. The summed E-state index contributed by atoms with van der Waals surface area (Å²) >= 11 is 6.77. The fourth-order valence-electron chi connectivity index (χ4n) is 5.28. The Balaban J connectivity index is 1.22. The van der Waals surface area contributed by atoms with Crippen molar-refractivity contribution in [3.8, 4) is 16.9 Å². The van der Waals surface area contributed by atoms with Gasteiger partial charge in [-0.1, -0.05) is 42.2 Å². The number of thiocarbonyl (C=S) groups is 1. The van der Waals surface area contributed by atoms with Gasteiger partial charge in [-0.25, -0.2) is 9.18 Å². The van der Waals surface area contributed by atoms with Gasteiger partial charge in [0.2, 0.25) is 0 Å². The van der Waals surface area contributed by atoms with Crippen LogP contribution in [0, 0.1) is 5.82 Å². The average molecular weight is 632 g/mol. The number of rotatable bonds is 10. The van der Waals surface area contributed by atoms with Crippen molar-refractivity contribution in [3.05, 3.63) is 94.3 Å². The van der Waals surface area contributed by atoms with E-state index in [0.717, 1.165) is 41.7 Å². The molecule has 44 heavy (non-hydrogen) atoms. The van der Waals surface area contributed by atoms with E-state index in [0.29, 0.717) is 58.8 Å². The first-order chi connectivity index (χ1) is 21.4. The Morgan fingerprint density at radius 1 is 1.09 bits per heavy atom. The van der Waals surface area contributed by atoms with E-state index < -0.39 is 5.97 Å². The first kappa shape index (κ1) is 30.0. The predicted molar refractivity (Wildman–Crippen MR) is 173 cm³/mol. The van der Waals surface area contributed by atoms with Gasteiger partial charge in [0.1, 0.15) is 22.5 Å². The molecule has 1 aromatic heterocycles. The van der Waals surface area contributed by atoms with Crippen molar-refractivity contribution in [3.63, 3.8) is 0 Å². The molecule has 2 N–H and O–H groups in total. The summed E-state index contributed by atoms with van der Waals surface area (Å²) in [6, 6.07) is 17.5. The number of benzene rings is 3. The number of H-pyrrole nitrogens is 1. The van der Waals surface area contributed by atoms with Crippen LogP contribution in [0.25, 0.3) is 28.1 Å². The number of hydrogen-bond acceptors (Lipinski definition) is 7. The van der Waals surface area contributed by atoms with Crippen LogP contribution < -0.4 is 4.74 Å². The number of fused-ring (bicyclic) bond motifs is 1. The summed E-state index contributed by atoms with van der Waals surface area (Å²) in [5.74, 6) is -0.893. The van der Waals surface area contributed by atoms with Crippen LogP contribution in [-0.2, 0) is 16.0 Å². The highest BCUT2D eigenvalue weighted by molar-refractivity contribution is 8.26. The second-order valence-corrected chi connectivity index (χ2v) is 12.2. The SMILES string of the molecule is O=C(O)c1ccc(CCN2C(=O)C(=Cc3ccc(OCCN4CCOCC4)c(-c4cc(F)c5[nH]ccc5c4)c3)SC2=S)cc1. The number of carboxylic acid groups (broad SMARTS) is 1. The Bertz CT molecular complexity index is 1750. The van der Waals surface area contributed by atoms with Crippen molar-refractivity contribution in [2.75, 3.05) is 46.0 Å². The zero-order valence-electron chi connectivity index (χ0n) is 23.8. The highest BCUT2D eigenvalue weighted by atomic mass is 32.2. The Hall–Kier alpha value is -4.03. The number of thioether (sulfide) groups is 1. The first-order valence-electron chi connectivity index (χ1n) is 14.3. The number of aromatic amines is 1. The lowest BCUT2D eigenvalue weighted by Crippen LogP contribution is -2.38. The Morgan fingerprint density at radius 3 is 2.66 bits per heavy atom. The van der Waals surface area contributed by atoms with Crippen molar-refractivity contribution in [2.45, 2.75) is 6.42 Å². The quantitative estimate of drug-likeness (QED) is 0.167. The van der Waals surface area contributed by atoms with E-state index in [1.165, 1.54) is 17.8 Å². The second-order valence-electron chi connectivity index (χ2n) is 10.5. The maximum Gasteiger partial charge on any atom is 0.335 e. The Kier molecular flexibility index (Phi) is 9.08. The van der Waals surface area contributed by atoms with E-state index in [1.807, 2.05) is 30.3 Å². The highest BCUT2D eigenvalue weighted by Gasteiger charge is 2.31. The van der Waals surface area contributed by atoms with E-state index in [4.69, 9.17) is 26.8 Å². The molecule has 0 aliphatic carbocycles. The molecule has 2 aliphatic heterocycles. The van der Waals surface area contributed by atoms with Crippen molar-refractivity contribution < 1.29 is 28.6 Å². The number of nitrogens with one attached hydrogen (secondary N) is 1. The minimum atomic E-state index is -0.982. The van der Waals surface area contributed by atoms with Crippen LogP contribution in [0.15, 0.2) is 71.8 Å². The van der Waals surface area contributed by atoms with Crippen molar-refractivity contribution >= 4 is 57.2 Å². The number of amides is 1. The second kappa shape index (κ2) is 13.3. The minimum absolute atomic E-state index is 0.186. The molecule has 2 saturated heterocycles. The van der Waals surface area contributed by atoms with Gasteiger partial charge in [-0.3, -0.25) is 14.6 Å². The summed E-state index contributed by atoms with van der Waals surface area (Å²) in [6.45, 7) is 4.75. The number of aromatic nitrogens is 1. The lowest BCUT2D eigenvalue weighted by molar-refractivity contribution is -0.122. The normalized spacial score (nSPS) is 16.8. The van der Waals surface area contributed by atoms with Gasteiger partial charge in [-0.2, -0.15) is 0 Å². The summed E-state index contributed by atoms with van der Waals surface area (Å²) in [5.41, 5.74) is 3.73. The van der Waals surface area contributed by atoms with Gasteiger partial charge in [0, 0.05) is 43.3 Å². The van der Waals surface area contributed by atoms with Crippen molar-refractivity contribution in [2.24, 2.45) is 0 Å². The predicted octanol–water partition coefficient (Wildman–Crippen LogP) is 5.83. The molecule has 11 heteroatoms. The number of morpholine rings is 1. The van der Waals surface area contributed by atoms with Crippen LogP contribution in [0.4, 0.5) is 4.39 Å². The monoisotopic (exact) mass is 631 g/mol. The molecule has 3 heterocycles. The molecule has 2 fully saturated rings. The van der Waals surface area contributed by atoms with Crippen LogP contribution >= 0.6 is 24.0 Å². The fourth-order valence-corrected chi connectivity index (χ4v) is 6.59. The first-order valence-corrected chi connectivity index (χ1v) is 15.5. The van der Waals surface area contributed by atoms with Crippen LogP contribution in [-0.4, -0.2) is 82.1 Å². The lowest BCUT2D eigenvalue weighted by atomic mass is 10.00. The number of halogens is 1. The molecule has 0 atom stereocenters. The van der Waals surface area contributed by atoms with Crippen LogP contribution in [0.5, 0.6) is 5.75 Å². The van der Waals surface area contributed by atoms with E-state index in [-0.39, 0.29) is 17.3 Å². The Labute approximate surface area is 263 Å². The van der Waals surface area contributed by atoms with Gasteiger partial charge in [-0.05, 0) is 71.7 Å². The topological polar surface area (TPSA) is 95.1 Å².